The molecule has 1 aromatic heterocycles. The van der Waals surface area contributed by atoms with E-state index in [0.29, 0.717) is 6.04 Å². The van der Waals surface area contributed by atoms with Gasteiger partial charge in [0.1, 0.15) is 0 Å². The average Bonchev–Trinajstić information content (AvgIpc) is 3.23. The summed E-state index contributed by atoms with van der Waals surface area (Å²) in [5.74, 6) is 1.71. The fourth-order valence-electron chi connectivity index (χ4n) is 3.27. The van der Waals surface area contributed by atoms with E-state index in [-0.39, 0.29) is 0 Å². The van der Waals surface area contributed by atoms with Gasteiger partial charge in [-0.1, -0.05) is 20.3 Å². The molecule has 112 valence electrons. The molecule has 0 bridgehead atoms. The summed E-state index contributed by atoms with van der Waals surface area (Å²) in [6.07, 6.45) is 4.13. The van der Waals surface area contributed by atoms with Gasteiger partial charge in [-0.2, -0.15) is 0 Å². The summed E-state index contributed by atoms with van der Waals surface area (Å²) in [7, 11) is 0. The van der Waals surface area contributed by atoms with Gasteiger partial charge in [-0.3, -0.25) is 4.90 Å². The zero-order valence-electron chi connectivity index (χ0n) is 12.4. The first-order valence-corrected chi connectivity index (χ1v) is 9.55. The molecule has 1 N–H and O–H groups in total. The van der Waals surface area contributed by atoms with Gasteiger partial charge in [0.05, 0.1) is 0 Å². The number of thiophene rings is 1. The molecule has 1 aliphatic carbocycles. The molecule has 3 unspecified atom stereocenters. The van der Waals surface area contributed by atoms with Crippen molar-refractivity contribution < 1.29 is 0 Å². The Balaban J connectivity index is 1.70. The average molecular weight is 357 g/mol. The second-order valence-electron chi connectivity index (χ2n) is 6.43. The number of hydrogen-bond donors (Lipinski definition) is 1. The molecule has 1 saturated carbocycles. The molecular formula is C16H25BrN2S. The minimum Gasteiger partial charge on any atom is -0.311 e. The van der Waals surface area contributed by atoms with Gasteiger partial charge in [0.2, 0.25) is 0 Å². The highest BCUT2D eigenvalue weighted by Crippen LogP contribution is 2.38. The molecule has 0 radical (unpaired) electrons. The molecule has 4 heteroatoms. The van der Waals surface area contributed by atoms with Gasteiger partial charge in [0.25, 0.3) is 0 Å². The Bertz CT molecular complexity index is 443. The SMILES string of the molecule is CCC(C)C1CN(Cc2sccc2Br)C(C2CC2)CN1. The Morgan fingerprint density at radius 3 is 2.90 bits per heavy atom. The Labute approximate surface area is 135 Å². The van der Waals surface area contributed by atoms with Crippen molar-refractivity contribution in [1.29, 1.82) is 0 Å². The lowest BCUT2D eigenvalue weighted by atomic mass is 9.94. The number of hydrogen-bond acceptors (Lipinski definition) is 3. The fourth-order valence-corrected chi connectivity index (χ4v) is 4.77. The van der Waals surface area contributed by atoms with Crippen LogP contribution in [0.15, 0.2) is 15.9 Å². The number of nitrogens with zero attached hydrogens (tertiary/aromatic N) is 1. The highest BCUT2D eigenvalue weighted by atomic mass is 79.9. The third kappa shape index (κ3) is 3.29. The number of nitrogens with one attached hydrogen (secondary N) is 1. The predicted molar refractivity (Wildman–Crippen MR) is 90.2 cm³/mol. The van der Waals surface area contributed by atoms with Crippen LogP contribution in [-0.2, 0) is 6.54 Å². The van der Waals surface area contributed by atoms with Crippen LogP contribution in [0.25, 0.3) is 0 Å². The van der Waals surface area contributed by atoms with Crippen LogP contribution in [0.5, 0.6) is 0 Å². The van der Waals surface area contributed by atoms with Crippen LogP contribution in [0.2, 0.25) is 0 Å². The van der Waals surface area contributed by atoms with Gasteiger partial charge in [-0.15, -0.1) is 11.3 Å². The van der Waals surface area contributed by atoms with Crippen molar-refractivity contribution in [2.75, 3.05) is 13.1 Å². The third-order valence-electron chi connectivity index (χ3n) is 5.02. The van der Waals surface area contributed by atoms with Crippen LogP contribution in [-0.4, -0.2) is 30.1 Å². The van der Waals surface area contributed by atoms with E-state index >= 15 is 0 Å². The van der Waals surface area contributed by atoms with Gasteiger partial charge in [0.15, 0.2) is 0 Å². The maximum absolute atomic E-state index is 3.82. The molecule has 0 spiro atoms. The largest absolute Gasteiger partial charge is 0.311 e. The predicted octanol–water partition coefficient (Wildman–Crippen LogP) is 4.11. The number of piperazine rings is 1. The van der Waals surface area contributed by atoms with Crippen LogP contribution in [0.4, 0.5) is 0 Å². The van der Waals surface area contributed by atoms with E-state index in [9.17, 15) is 0 Å². The molecule has 2 nitrogen and oxygen atoms in total. The van der Waals surface area contributed by atoms with E-state index in [1.165, 1.54) is 41.7 Å². The van der Waals surface area contributed by atoms with Gasteiger partial charge < -0.3 is 5.32 Å². The summed E-state index contributed by atoms with van der Waals surface area (Å²) in [4.78, 5) is 4.24. The van der Waals surface area contributed by atoms with Gasteiger partial charge in [-0.25, -0.2) is 0 Å². The zero-order chi connectivity index (χ0) is 14.1. The summed E-state index contributed by atoms with van der Waals surface area (Å²) >= 11 is 5.58. The van der Waals surface area contributed by atoms with E-state index < -0.39 is 0 Å². The summed E-state index contributed by atoms with van der Waals surface area (Å²) in [5.41, 5.74) is 0. The minimum absolute atomic E-state index is 0.661. The van der Waals surface area contributed by atoms with E-state index in [4.69, 9.17) is 0 Å². The van der Waals surface area contributed by atoms with E-state index in [1.54, 1.807) is 0 Å². The van der Waals surface area contributed by atoms with Crippen LogP contribution >= 0.6 is 27.3 Å². The molecule has 2 aliphatic rings. The third-order valence-corrected chi connectivity index (χ3v) is 6.94. The maximum Gasteiger partial charge on any atom is 0.0343 e. The Morgan fingerprint density at radius 2 is 2.30 bits per heavy atom. The maximum atomic E-state index is 3.82. The fraction of sp³-hybridized carbons (Fsp3) is 0.750. The summed E-state index contributed by atoms with van der Waals surface area (Å²) in [5, 5.41) is 6.01. The van der Waals surface area contributed by atoms with E-state index in [1.807, 2.05) is 11.3 Å². The Morgan fingerprint density at radius 1 is 1.50 bits per heavy atom. The normalized spacial score (nSPS) is 29.6. The molecule has 2 fully saturated rings. The first kappa shape index (κ1) is 15.0. The van der Waals surface area contributed by atoms with Crippen molar-refractivity contribution in [3.63, 3.8) is 0 Å². The lowest BCUT2D eigenvalue weighted by molar-refractivity contribution is 0.0899. The second-order valence-corrected chi connectivity index (χ2v) is 8.28. The molecule has 0 aromatic carbocycles. The standard InChI is InChI=1S/C16H25BrN2S/c1-3-11(2)14-9-19(10-16-13(17)6-7-20-16)15(8-18-14)12-4-5-12/h6-7,11-12,14-15,18H,3-5,8-10H2,1-2H3. The van der Waals surface area contributed by atoms with E-state index in [2.05, 4.69) is 51.4 Å². The van der Waals surface area contributed by atoms with Crippen LogP contribution in [0.3, 0.4) is 0 Å². The van der Waals surface area contributed by atoms with Crippen molar-refractivity contribution in [1.82, 2.24) is 10.2 Å². The van der Waals surface area contributed by atoms with Crippen molar-refractivity contribution in [3.05, 3.63) is 20.8 Å². The summed E-state index contributed by atoms with van der Waals surface area (Å²) in [6, 6.07) is 3.60. The molecule has 3 atom stereocenters. The first-order valence-electron chi connectivity index (χ1n) is 7.88. The van der Waals surface area contributed by atoms with Gasteiger partial charge in [0, 0.05) is 41.1 Å². The summed E-state index contributed by atoms with van der Waals surface area (Å²) in [6.45, 7) is 8.20. The van der Waals surface area contributed by atoms with Crippen molar-refractivity contribution in [2.45, 2.75) is 51.7 Å². The van der Waals surface area contributed by atoms with Gasteiger partial charge in [-0.05, 0) is 52.1 Å². The molecule has 1 aliphatic heterocycles. The zero-order valence-corrected chi connectivity index (χ0v) is 14.8. The molecule has 2 heterocycles. The number of rotatable bonds is 5. The monoisotopic (exact) mass is 356 g/mol. The lowest BCUT2D eigenvalue weighted by Gasteiger charge is -2.42. The van der Waals surface area contributed by atoms with Crippen molar-refractivity contribution in [3.8, 4) is 0 Å². The highest BCUT2D eigenvalue weighted by Gasteiger charge is 2.39. The first-order chi connectivity index (χ1) is 9.69. The number of halogens is 1. The lowest BCUT2D eigenvalue weighted by Crippen LogP contribution is -2.58. The summed E-state index contributed by atoms with van der Waals surface area (Å²) < 4.78 is 1.29. The van der Waals surface area contributed by atoms with Crippen LogP contribution in [0.1, 0.15) is 38.0 Å². The van der Waals surface area contributed by atoms with Crippen molar-refractivity contribution >= 4 is 27.3 Å². The molecule has 20 heavy (non-hydrogen) atoms. The highest BCUT2D eigenvalue weighted by molar-refractivity contribution is 9.10. The molecule has 1 saturated heterocycles. The minimum atomic E-state index is 0.661. The smallest absolute Gasteiger partial charge is 0.0343 e. The molecule has 1 aromatic rings. The van der Waals surface area contributed by atoms with Gasteiger partial charge >= 0.3 is 0 Å². The Hall–Kier alpha value is 0.1000. The molecular weight excluding hydrogens is 332 g/mol. The second kappa shape index (κ2) is 6.47. The molecule has 3 rings (SSSR count). The topological polar surface area (TPSA) is 15.3 Å². The Kier molecular flexibility index (Phi) is 4.86. The van der Waals surface area contributed by atoms with Crippen molar-refractivity contribution in [2.24, 2.45) is 11.8 Å². The van der Waals surface area contributed by atoms with Crippen LogP contribution < -0.4 is 5.32 Å². The quantitative estimate of drug-likeness (QED) is 0.853. The molecule has 0 amide bonds. The van der Waals surface area contributed by atoms with E-state index in [0.717, 1.165) is 24.4 Å². The van der Waals surface area contributed by atoms with Crippen LogP contribution in [0, 0.1) is 11.8 Å².